The molecule has 0 aromatic rings. The van der Waals surface area contributed by atoms with Crippen LogP contribution >= 0.6 is 0 Å². The molecule has 0 saturated heterocycles. The van der Waals surface area contributed by atoms with Crippen LogP contribution in [0.1, 0.15) is 96.8 Å². The van der Waals surface area contributed by atoms with Crippen molar-refractivity contribution in [3.8, 4) is 0 Å². The third kappa shape index (κ3) is 12.2. The first kappa shape index (κ1) is 29.2. The Morgan fingerprint density at radius 3 is 1.83 bits per heavy atom. The predicted molar refractivity (Wildman–Crippen MR) is 117 cm³/mol. The van der Waals surface area contributed by atoms with Crippen molar-refractivity contribution < 1.29 is 34.4 Å². The van der Waals surface area contributed by atoms with Gasteiger partial charge in [-0.05, 0) is 6.42 Å². The summed E-state index contributed by atoms with van der Waals surface area (Å²) in [6, 6.07) is 0. The molecule has 8 heteroatoms. The van der Waals surface area contributed by atoms with Crippen molar-refractivity contribution in [2.45, 2.75) is 109 Å². The van der Waals surface area contributed by atoms with Crippen LogP contribution in [-0.4, -0.2) is 75.6 Å². The van der Waals surface area contributed by atoms with E-state index < -0.39 is 42.3 Å². The van der Waals surface area contributed by atoms with Crippen LogP contribution in [0.3, 0.4) is 0 Å². The van der Waals surface area contributed by atoms with Gasteiger partial charge in [-0.1, -0.05) is 84.0 Å². The summed E-state index contributed by atoms with van der Waals surface area (Å²) in [5, 5.41) is 28.5. The van der Waals surface area contributed by atoms with Gasteiger partial charge in [-0.3, -0.25) is 4.79 Å². The zero-order chi connectivity index (χ0) is 21.5. The summed E-state index contributed by atoms with van der Waals surface area (Å²) in [5.74, 6) is -3.21. The van der Waals surface area contributed by atoms with Gasteiger partial charge in [0.25, 0.3) is 0 Å². The molecule has 1 heterocycles. The molecule has 0 aromatic carbocycles. The van der Waals surface area contributed by atoms with Gasteiger partial charge in [0.1, 0.15) is 12.7 Å². The number of unbranched alkanes of at least 4 members (excludes halogenated alkanes) is 12. The van der Waals surface area contributed by atoms with Crippen molar-refractivity contribution in [3.05, 3.63) is 11.5 Å². The van der Waals surface area contributed by atoms with Crippen LogP contribution in [-0.2, 0) is 19.1 Å². The quantitative estimate of drug-likeness (QED) is 0.179. The Kier molecular flexibility index (Phi) is 17.4. The number of aliphatic hydroxyl groups excluding tert-OH is 3. The van der Waals surface area contributed by atoms with E-state index in [4.69, 9.17) is 4.74 Å². The standard InChI is InChI=1S/C22H38O7.Na.H/c1-2-3-4-5-6-7-8-9-10-11-12-13-14-15-18(24)28-16-17(23)21-19(25)20(26)22(27)29-21;;/h17,21,23,25-26H,2-16H2,1H3;;/t17-,21+;;/m0../s1. The van der Waals surface area contributed by atoms with Crippen molar-refractivity contribution in [1.82, 2.24) is 0 Å². The minimum atomic E-state index is -1.42. The molecule has 1 aliphatic rings. The van der Waals surface area contributed by atoms with Crippen molar-refractivity contribution in [2.24, 2.45) is 0 Å². The van der Waals surface area contributed by atoms with Gasteiger partial charge in [-0.15, -0.1) is 0 Å². The normalized spacial score (nSPS) is 16.9. The molecule has 170 valence electrons. The number of carbonyl (C=O) groups is 2. The Labute approximate surface area is 202 Å². The number of hydrogen-bond donors (Lipinski definition) is 3. The number of carbonyl (C=O) groups excluding carboxylic acids is 2. The predicted octanol–water partition coefficient (Wildman–Crippen LogP) is 3.98. The van der Waals surface area contributed by atoms with Crippen LogP contribution in [0.2, 0.25) is 0 Å². The van der Waals surface area contributed by atoms with Gasteiger partial charge < -0.3 is 24.8 Å². The summed E-state index contributed by atoms with van der Waals surface area (Å²) >= 11 is 0. The fraction of sp³-hybridized carbons (Fsp3) is 0.818. The van der Waals surface area contributed by atoms with E-state index in [9.17, 15) is 24.9 Å². The van der Waals surface area contributed by atoms with Gasteiger partial charge in [-0.2, -0.15) is 0 Å². The van der Waals surface area contributed by atoms with Gasteiger partial charge in [-0.25, -0.2) is 4.79 Å². The van der Waals surface area contributed by atoms with Crippen LogP contribution in [0, 0.1) is 0 Å². The summed E-state index contributed by atoms with van der Waals surface area (Å²) in [5.41, 5.74) is 0. The molecule has 7 nitrogen and oxygen atoms in total. The molecular formula is C22H39NaO7. The maximum atomic E-state index is 11.7. The van der Waals surface area contributed by atoms with Crippen molar-refractivity contribution in [3.63, 3.8) is 0 Å². The van der Waals surface area contributed by atoms with Gasteiger partial charge in [0.05, 0.1) is 0 Å². The Balaban J connectivity index is 0.00000841. The van der Waals surface area contributed by atoms with Crippen LogP contribution in [0.4, 0.5) is 0 Å². The molecule has 0 spiro atoms. The van der Waals surface area contributed by atoms with Crippen LogP contribution < -0.4 is 0 Å². The van der Waals surface area contributed by atoms with Crippen molar-refractivity contribution in [1.29, 1.82) is 0 Å². The molecule has 3 N–H and O–H groups in total. The second-order valence-corrected chi connectivity index (χ2v) is 7.80. The molecular weight excluding hydrogens is 399 g/mol. The number of cyclic esters (lactones) is 1. The molecule has 0 saturated carbocycles. The zero-order valence-electron chi connectivity index (χ0n) is 17.7. The molecule has 30 heavy (non-hydrogen) atoms. The summed E-state index contributed by atoms with van der Waals surface area (Å²) in [6.07, 6.45) is 13.4. The first-order chi connectivity index (χ1) is 14.0. The first-order valence-corrected chi connectivity index (χ1v) is 11.1. The first-order valence-electron chi connectivity index (χ1n) is 11.1. The van der Waals surface area contributed by atoms with E-state index in [-0.39, 0.29) is 36.0 Å². The average Bonchev–Trinajstić information content (AvgIpc) is 2.97. The summed E-state index contributed by atoms with van der Waals surface area (Å²) in [4.78, 5) is 22.8. The summed E-state index contributed by atoms with van der Waals surface area (Å²) in [6.45, 7) is 1.83. The molecule has 1 rings (SSSR count). The molecule has 0 bridgehead atoms. The third-order valence-corrected chi connectivity index (χ3v) is 5.19. The van der Waals surface area contributed by atoms with E-state index in [0.29, 0.717) is 0 Å². The molecule has 0 unspecified atom stereocenters. The number of aliphatic hydroxyl groups is 3. The third-order valence-electron chi connectivity index (χ3n) is 5.19. The van der Waals surface area contributed by atoms with E-state index in [0.717, 1.165) is 19.3 Å². The zero-order valence-corrected chi connectivity index (χ0v) is 17.7. The molecule has 0 aromatic heterocycles. The molecule has 0 radical (unpaired) electrons. The SMILES string of the molecule is CCCCCCCCCCCCCCCC(=O)OC[C@H](O)[C@H]1OC(=O)C(O)=C1O.[NaH]. The van der Waals surface area contributed by atoms with Crippen molar-refractivity contribution >= 4 is 41.5 Å². The minimum absolute atomic E-state index is 0. The fourth-order valence-corrected chi connectivity index (χ4v) is 3.35. The van der Waals surface area contributed by atoms with Gasteiger partial charge >= 0.3 is 41.5 Å². The second kappa shape index (κ2) is 17.9. The fourth-order valence-electron chi connectivity index (χ4n) is 3.35. The van der Waals surface area contributed by atoms with Crippen LogP contribution in [0.5, 0.6) is 0 Å². The van der Waals surface area contributed by atoms with Crippen LogP contribution in [0.25, 0.3) is 0 Å². The van der Waals surface area contributed by atoms with E-state index in [1.54, 1.807) is 0 Å². The molecule has 0 amide bonds. The second-order valence-electron chi connectivity index (χ2n) is 7.80. The summed E-state index contributed by atoms with van der Waals surface area (Å²) in [7, 11) is 0. The van der Waals surface area contributed by atoms with E-state index in [1.165, 1.54) is 64.2 Å². The number of ether oxygens (including phenoxy) is 2. The molecule has 1 aliphatic heterocycles. The number of esters is 2. The van der Waals surface area contributed by atoms with E-state index >= 15 is 0 Å². The topological polar surface area (TPSA) is 113 Å². The van der Waals surface area contributed by atoms with Gasteiger partial charge in [0.15, 0.2) is 11.9 Å². The Hall–Kier alpha value is -0.760. The number of hydrogen-bond acceptors (Lipinski definition) is 7. The van der Waals surface area contributed by atoms with E-state index in [2.05, 4.69) is 11.7 Å². The maximum absolute atomic E-state index is 11.7. The van der Waals surface area contributed by atoms with Crippen LogP contribution in [0.15, 0.2) is 11.5 Å². The van der Waals surface area contributed by atoms with Crippen molar-refractivity contribution in [2.75, 3.05) is 6.61 Å². The molecule has 0 aliphatic carbocycles. The Morgan fingerprint density at radius 1 is 0.933 bits per heavy atom. The van der Waals surface area contributed by atoms with Gasteiger partial charge in [0, 0.05) is 6.42 Å². The summed E-state index contributed by atoms with van der Waals surface area (Å²) < 4.78 is 9.55. The van der Waals surface area contributed by atoms with Gasteiger partial charge in [0.2, 0.25) is 5.76 Å². The van der Waals surface area contributed by atoms with E-state index in [1.807, 2.05) is 0 Å². The Bertz CT molecular complexity index is 522. The molecule has 0 fully saturated rings. The average molecular weight is 439 g/mol. The number of rotatable bonds is 17. The monoisotopic (exact) mass is 438 g/mol. The molecule has 2 atom stereocenters. The Morgan fingerprint density at radius 2 is 1.40 bits per heavy atom.